The van der Waals surface area contributed by atoms with Gasteiger partial charge in [0.1, 0.15) is 17.2 Å². The second-order valence-electron chi connectivity index (χ2n) is 11.0. The van der Waals surface area contributed by atoms with Gasteiger partial charge in [-0.1, -0.05) is 30.3 Å². The summed E-state index contributed by atoms with van der Waals surface area (Å²) in [5.74, 6) is -0.0437. The number of carbonyl (C=O) groups is 3. The molecule has 11 heteroatoms. The monoisotopic (exact) mass is 573 g/mol. The van der Waals surface area contributed by atoms with Crippen LogP contribution in [0.4, 0.5) is 15.9 Å². The molecule has 3 N–H and O–H groups in total. The molecule has 2 fully saturated rings. The fraction of sp³-hybridized carbons (Fsp3) is 0.355. The van der Waals surface area contributed by atoms with Crippen molar-refractivity contribution in [3.8, 4) is 0 Å². The number of hydrogen-bond acceptors (Lipinski definition) is 7. The molecule has 0 bridgehead atoms. The van der Waals surface area contributed by atoms with Crippen molar-refractivity contribution in [3.05, 3.63) is 89.4 Å². The van der Waals surface area contributed by atoms with E-state index < -0.39 is 11.0 Å². The van der Waals surface area contributed by atoms with Crippen molar-refractivity contribution < 1.29 is 28.2 Å². The first-order chi connectivity index (χ1) is 20.4. The highest BCUT2D eigenvalue weighted by atomic mass is 19.1. The Hall–Kier alpha value is -4.19. The van der Waals surface area contributed by atoms with Crippen molar-refractivity contribution in [3.63, 3.8) is 0 Å². The fourth-order valence-corrected chi connectivity index (χ4v) is 6.07. The van der Waals surface area contributed by atoms with E-state index in [0.717, 1.165) is 16.7 Å². The number of rotatable bonds is 3. The van der Waals surface area contributed by atoms with Gasteiger partial charge in [-0.05, 0) is 54.3 Å². The Kier molecular flexibility index (Phi) is 7.72. The van der Waals surface area contributed by atoms with Crippen LogP contribution < -0.4 is 16.0 Å². The van der Waals surface area contributed by atoms with Gasteiger partial charge in [0.25, 0.3) is 0 Å². The smallest absolute Gasteiger partial charge is 0.248 e. The highest BCUT2D eigenvalue weighted by molar-refractivity contribution is 6.06. The first kappa shape index (κ1) is 28.0. The van der Waals surface area contributed by atoms with Crippen LogP contribution in [0.2, 0.25) is 0 Å². The lowest BCUT2D eigenvalue weighted by Gasteiger charge is -2.40. The standard InChI is InChI=1S/C25H27N5O5.C6H5F/c31-20(13-30-7-6-27-25(23(30)33)14-34-8-9-35-15-25)28-18-4-3-16-11-24(12-17(16)10-18)19-2-1-5-26-21(19)29-22(24)32;7-6-4-2-1-3-5-6/h1-5,10,27H,6-9,11-15H2,(H,28,31)(H,26,29,32);1-5H. The number of ether oxygens (including phenoxy) is 2. The SMILES string of the molecule is Fc1ccccc1.O=C(CN1CCNC2(COCCOC2)C1=O)Nc1ccc2c(c1)CC1(C2)C(=O)Nc2ncccc21. The average Bonchev–Trinajstić information content (AvgIpc) is 3.39. The molecule has 2 spiro atoms. The summed E-state index contributed by atoms with van der Waals surface area (Å²) in [7, 11) is 0. The maximum absolute atomic E-state index is 13.2. The van der Waals surface area contributed by atoms with Crippen molar-refractivity contribution in [2.75, 3.05) is 56.7 Å². The van der Waals surface area contributed by atoms with Crippen LogP contribution in [0.1, 0.15) is 16.7 Å². The molecule has 1 aliphatic carbocycles. The Morgan fingerprint density at radius 2 is 1.76 bits per heavy atom. The van der Waals surface area contributed by atoms with E-state index >= 15 is 0 Å². The van der Waals surface area contributed by atoms with Crippen LogP contribution in [0, 0.1) is 5.82 Å². The molecule has 4 aliphatic rings. The van der Waals surface area contributed by atoms with Gasteiger partial charge < -0.3 is 25.0 Å². The van der Waals surface area contributed by atoms with Gasteiger partial charge >= 0.3 is 0 Å². The summed E-state index contributed by atoms with van der Waals surface area (Å²) in [5.41, 5.74) is 2.09. The first-order valence-electron chi connectivity index (χ1n) is 14.0. The Morgan fingerprint density at radius 1 is 1.00 bits per heavy atom. The Morgan fingerprint density at radius 3 is 2.50 bits per heavy atom. The number of halogens is 1. The summed E-state index contributed by atoms with van der Waals surface area (Å²) in [4.78, 5) is 44.8. The lowest BCUT2D eigenvalue weighted by atomic mass is 9.79. The Bertz CT molecular complexity index is 1490. The molecule has 3 aromatic rings. The summed E-state index contributed by atoms with van der Waals surface area (Å²) in [6.45, 7) is 2.28. The van der Waals surface area contributed by atoms with E-state index in [2.05, 4.69) is 20.9 Å². The molecule has 1 atom stereocenters. The number of benzene rings is 2. The number of aromatic nitrogens is 1. The number of amides is 3. The molecular formula is C31H32FN5O5. The van der Waals surface area contributed by atoms with Crippen LogP contribution in [0.3, 0.4) is 0 Å². The summed E-state index contributed by atoms with van der Waals surface area (Å²) >= 11 is 0. The molecule has 3 aliphatic heterocycles. The summed E-state index contributed by atoms with van der Waals surface area (Å²) in [5, 5.41) is 9.06. The zero-order valence-electron chi connectivity index (χ0n) is 23.0. The minimum atomic E-state index is -0.941. The van der Waals surface area contributed by atoms with Crippen molar-refractivity contribution >= 4 is 29.2 Å². The molecule has 4 heterocycles. The minimum Gasteiger partial charge on any atom is -0.376 e. The molecule has 42 heavy (non-hydrogen) atoms. The molecule has 1 unspecified atom stereocenters. The number of nitrogens with zero attached hydrogens (tertiary/aromatic N) is 2. The predicted octanol–water partition coefficient (Wildman–Crippen LogP) is 2.05. The number of fused-ring (bicyclic) bond motifs is 3. The van der Waals surface area contributed by atoms with Gasteiger partial charge in [0.15, 0.2) is 0 Å². The fourth-order valence-electron chi connectivity index (χ4n) is 6.07. The topological polar surface area (TPSA) is 122 Å². The van der Waals surface area contributed by atoms with E-state index in [4.69, 9.17) is 9.47 Å². The van der Waals surface area contributed by atoms with Gasteiger partial charge in [0, 0.05) is 30.5 Å². The largest absolute Gasteiger partial charge is 0.376 e. The lowest BCUT2D eigenvalue weighted by Crippen LogP contribution is -2.68. The maximum atomic E-state index is 13.2. The van der Waals surface area contributed by atoms with Crippen molar-refractivity contribution in [1.82, 2.24) is 15.2 Å². The van der Waals surface area contributed by atoms with Gasteiger partial charge in [0.05, 0.1) is 38.4 Å². The van der Waals surface area contributed by atoms with Crippen LogP contribution in [0.15, 0.2) is 66.9 Å². The normalized spacial score (nSPS) is 22.1. The summed E-state index contributed by atoms with van der Waals surface area (Å²) in [6, 6.07) is 17.5. The molecule has 10 nitrogen and oxygen atoms in total. The molecule has 3 amide bonds. The van der Waals surface area contributed by atoms with Gasteiger partial charge in [-0.15, -0.1) is 0 Å². The quantitative estimate of drug-likeness (QED) is 0.439. The minimum absolute atomic E-state index is 0.0365. The number of pyridine rings is 1. The van der Waals surface area contributed by atoms with Gasteiger partial charge in [-0.25, -0.2) is 9.37 Å². The third-order valence-electron chi connectivity index (χ3n) is 8.14. The van der Waals surface area contributed by atoms with Crippen molar-refractivity contribution in [1.29, 1.82) is 0 Å². The van der Waals surface area contributed by atoms with Crippen molar-refractivity contribution in [2.45, 2.75) is 23.8 Å². The van der Waals surface area contributed by atoms with E-state index in [1.54, 1.807) is 29.3 Å². The number of piperazine rings is 1. The van der Waals surface area contributed by atoms with E-state index in [0.29, 0.717) is 50.7 Å². The van der Waals surface area contributed by atoms with Crippen LogP contribution >= 0.6 is 0 Å². The molecule has 7 rings (SSSR count). The number of anilines is 2. The Labute approximate surface area is 242 Å². The number of hydrogen-bond donors (Lipinski definition) is 3. The van der Waals surface area contributed by atoms with Crippen LogP contribution in [-0.2, 0) is 42.1 Å². The molecule has 2 saturated heterocycles. The lowest BCUT2D eigenvalue weighted by molar-refractivity contribution is -0.147. The van der Waals surface area contributed by atoms with Gasteiger partial charge in [-0.3, -0.25) is 19.7 Å². The molecule has 2 aromatic carbocycles. The van der Waals surface area contributed by atoms with Crippen molar-refractivity contribution in [2.24, 2.45) is 0 Å². The van der Waals surface area contributed by atoms with Crippen LogP contribution in [-0.4, -0.2) is 79.2 Å². The summed E-state index contributed by atoms with van der Waals surface area (Å²) in [6.07, 6.45) is 2.83. The second-order valence-corrected chi connectivity index (χ2v) is 11.0. The van der Waals surface area contributed by atoms with Gasteiger partial charge in [-0.2, -0.15) is 0 Å². The Balaban J connectivity index is 0.000000397. The highest BCUT2D eigenvalue weighted by Gasteiger charge is 2.51. The zero-order chi connectivity index (χ0) is 29.2. The van der Waals surface area contributed by atoms with Crippen LogP contribution in [0.25, 0.3) is 0 Å². The molecular weight excluding hydrogens is 541 g/mol. The van der Waals surface area contributed by atoms with Crippen LogP contribution in [0.5, 0.6) is 0 Å². The first-order valence-corrected chi connectivity index (χ1v) is 14.0. The molecule has 218 valence electrons. The van der Waals surface area contributed by atoms with E-state index in [-0.39, 0.29) is 43.3 Å². The van der Waals surface area contributed by atoms with Gasteiger partial charge in [0.2, 0.25) is 17.7 Å². The third-order valence-corrected chi connectivity index (χ3v) is 8.14. The second kappa shape index (κ2) is 11.6. The highest BCUT2D eigenvalue weighted by Crippen LogP contribution is 2.46. The predicted molar refractivity (Wildman–Crippen MR) is 152 cm³/mol. The number of nitrogens with one attached hydrogen (secondary N) is 3. The number of carbonyl (C=O) groups excluding carboxylic acids is 3. The maximum Gasteiger partial charge on any atom is 0.248 e. The van der Waals surface area contributed by atoms with E-state index in [1.165, 1.54) is 12.1 Å². The van der Waals surface area contributed by atoms with E-state index in [1.807, 2.05) is 30.3 Å². The summed E-state index contributed by atoms with van der Waals surface area (Å²) < 4.78 is 23.0. The average molecular weight is 574 g/mol. The zero-order valence-corrected chi connectivity index (χ0v) is 23.0. The molecule has 0 radical (unpaired) electrons. The third kappa shape index (κ3) is 5.38. The van der Waals surface area contributed by atoms with E-state index in [9.17, 15) is 18.8 Å². The molecule has 1 aromatic heterocycles. The molecule has 0 saturated carbocycles.